The lowest BCUT2D eigenvalue weighted by Gasteiger charge is -2.44. The van der Waals surface area contributed by atoms with E-state index < -0.39 is 6.09 Å². The predicted molar refractivity (Wildman–Crippen MR) is 86.9 cm³/mol. The topological polar surface area (TPSA) is 98.5 Å². The summed E-state index contributed by atoms with van der Waals surface area (Å²) < 4.78 is 5.99. The van der Waals surface area contributed by atoms with Crippen LogP contribution >= 0.6 is 0 Å². The maximum absolute atomic E-state index is 11.4. The Morgan fingerprint density at radius 3 is 2.83 bits per heavy atom. The number of carboxylic acid groups (broad SMARTS) is 1. The zero-order valence-corrected chi connectivity index (χ0v) is 13.6. The third-order valence-electron chi connectivity index (χ3n) is 4.08. The van der Waals surface area contributed by atoms with E-state index >= 15 is 0 Å². The molecule has 1 aliphatic heterocycles. The Labute approximate surface area is 135 Å². The molecule has 0 aromatic heterocycles. The van der Waals surface area contributed by atoms with Crippen molar-refractivity contribution >= 4 is 11.8 Å². The number of nitrogens with zero attached hydrogens (tertiary/aromatic N) is 4. The zero-order valence-electron chi connectivity index (χ0n) is 13.6. The van der Waals surface area contributed by atoms with Crippen LogP contribution in [-0.2, 0) is 0 Å². The van der Waals surface area contributed by atoms with E-state index in [0.29, 0.717) is 30.8 Å². The highest BCUT2D eigenvalue weighted by atomic mass is 16.5. The van der Waals surface area contributed by atoms with Crippen LogP contribution in [-0.4, -0.2) is 34.8 Å². The van der Waals surface area contributed by atoms with Crippen molar-refractivity contribution < 1.29 is 14.6 Å². The first kappa shape index (κ1) is 17.0. The van der Waals surface area contributed by atoms with E-state index in [1.54, 1.807) is 18.2 Å². The Morgan fingerprint density at radius 2 is 2.22 bits per heavy atom. The lowest BCUT2D eigenvalue weighted by molar-refractivity contribution is 0.0130. The van der Waals surface area contributed by atoms with Gasteiger partial charge in [0.05, 0.1) is 0 Å². The van der Waals surface area contributed by atoms with Gasteiger partial charge in [-0.25, -0.2) is 4.79 Å². The SMILES string of the molecule is CC(C)(C)C1CC(Oc2cccc(N=[N+]=[N-])c2)CCN1C(=O)O. The van der Waals surface area contributed by atoms with Crippen LogP contribution in [0.25, 0.3) is 10.4 Å². The van der Waals surface area contributed by atoms with E-state index in [1.807, 2.05) is 26.8 Å². The monoisotopic (exact) mass is 318 g/mol. The Balaban J connectivity index is 2.11. The minimum atomic E-state index is -0.881. The van der Waals surface area contributed by atoms with Gasteiger partial charge in [0.2, 0.25) is 0 Å². The van der Waals surface area contributed by atoms with Gasteiger partial charge < -0.3 is 14.7 Å². The summed E-state index contributed by atoms with van der Waals surface area (Å²) in [6, 6.07) is 6.88. The molecule has 1 aliphatic rings. The number of hydrogen-bond acceptors (Lipinski definition) is 3. The van der Waals surface area contributed by atoms with Gasteiger partial charge in [-0.15, -0.1) is 0 Å². The molecule has 0 aliphatic carbocycles. The summed E-state index contributed by atoms with van der Waals surface area (Å²) in [6.45, 7) is 6.58. The first-order valence-corrected chi connectivity index (χ1v) is 7.62. The van der Waals surface area contributed by atoms with Gasteiger partial charge in [-0.05, 0) is 23.1 Å². The van der Waals surface area contributed by atoms with Crippen molar-refractivity contribution in [3.63, 3.8) is 0 Å². The van der Waals surface area contributed by atoms with Crippen molar-refractivity contribution in [2.24, 2.45) is 10.5 Å². The highest BCUT2D eigenvalue weighted by Gasteiger charge is 2.39. The first-order valence-electron chi connectivity index (χ1n) is 7.62. The van der Waals surface area contributed by atoms with Gasteiger partial charge in [-0.1, -0.05) is 38.0 Å². The van der Waals surface area contributed by atoms with Crippen LogP contribution in [0.3, 0.4) is 0 Å². The fraction of sp³-hybridized carbons (Fsp3) is 0.562. The number of benzene rings is 1. The van der Waals surface area contributed by atoms with Gasteiger partial charge >= 0.3 is 6.09 Å². The minimum Gasteiger partial charge on any atom is -0.490 e. The second kappa shape index (κ2) is 6.79. The maximum Gasteiger partial charge on any atom is 0.407 e. The van der Waals surface area contributed by atoms with E-state index in [1.165, 1.54) is 4.90 Å². The Kier molecular flexibility index (Phi) is 5.01. The van der Waals surface area contributed by atoms with Crippen molar-refractivity contribution in [2.75, 3.05) is 6.54 Å². The fourth-order valence-corrected chi connectivity index (χ4v) is 2.95. The summed E-state index contributed by atoms with van der Waals surface area (Å²) in [6.07, 6.45) is 0.344. The summed E-state index contributed by atoms with van der Waals surface area (Å²) in [5.74, 6) is 0.635. The van der Waals surface area contributed by atoms with Crippen LogP contribution in [0.4, 0.5) is 10.5 Å². The number of rotatable bonds is 3. The lowest BCUT2D eigenvalue weighted by Crippen LogP contribution is -2.53. The number of likely N-dealkylation sites (tertiary alicyclic amines) is 1. The molecule has 124 valence electrons. The van der Waals surface area contributed by atoms with Crippen molar-refractivity contribution in [2.45, 2.75) is 45.8 Å². The molecule has 1 aromatic rings. The number of azide groups is 1. The quantitative estimate of drug-likeness (QED) is 0.502. The molecule has 0 radical (unpaired) electrons. The van der Waals surface area contributed by atoms with Crippen LogP contribution in [0.5, 0.6) is 5.75 Å². The fourth-order valence-electron chi connectivity index (χ4n) is 2.95. The van der Waals surface area contributed by atoms with Crippen molar-refractivity contribution in [1.82, 2.24) is 4.90 Å². The van der Waals surface area contributed by atoms with Gasteiger partial charge in [0.1, 0.15) is 11.9 Å². The minimum absolute atomic E-state index is 0.0591. The summed E-state index contributed by atoms with van der Waals surface area (Å²) >= 11 is 0. The van der Waals surface area contributed by atoms with Gasteiger partial charge in [0.25, 0.3) is 0 Å². The van der Waals surface area contributed by atoms with Gasteiger partial charge in [-0.2, -0.15) is 0 Å². The van der Waals surface area contributed by atoms with Gasteiger partial charge in [0, 0.05) is 36.0 Å². The smallest absolute Gasteiger partial charge is 0.407 e. The molecular formula is C16H22N4O3. The summed E-state index contributed by atoms with van der Waals surface area (Å²) in [7, 11) is 0. The summed E-state index contributed by atoms with van der Waals surface area (Å²) in [5, 5.41) is 12.9. The van der Waals surface area contributed by atoms with Crippen LogP contribution in [0, 0.1) is 5.41 Å². The van der Waals surface area contributed by atoms with Crippen molar-refractivity contribution in [1.29, 1.82) is 0 Å². The van der Waals surface area contributed by atoms with Gasteiger partial charge in [0.15, 0.2) is 0 Å². The van der Waals surface area contributed by atoms with Crippen LogP contribution in [0.2, 0.25) is 0 Å². The zero-order chi connectivity index (χ0) is 17.0. The maximum atomic E-state index is 11.4. The second-order valence-electron chi connectivity index (χ2n) is 6.81. The Bertz CT molecular complexity index is 620. The molecule has 1 fully saturated rings. The molecule has 7 nitrogen and oxygen atoms in total. The lowest BCUT2D eigenvalue weighted by atomic mass is 9.80. The van der Waals surface area contributed by atoms with Gasteiger partial charge in [-0.3, -0.25) is 0 Å². The molecule has 1 aromatic carbocycles. The number of ether oxygens (including phenoxy) is 1. The highest BCUT2D eigenvalue weighted by molar-refractivity contribution is 5.65. The predicted octanol–water partition coefficient (Wildman–Crippen LogP) is 4.56. The standard InChI is InChI=1S/C16H22N4O3/c1-16(2,3)14-10-13(7-8-20(14)15(21)22)23-12-6-4-5-11(9-12)18-19-17/h4-6,9,13-14H,7-8,10H2,1-3H3,(H,21,22). The molecular weight excluding hydrogens is 296 g/mol. The van der Waals surface area contributed by atoms with Crippen LogP contribution < -0.4 is 4.74 Å². The average Bonchev–Trinajstić information content (AvgIpc) is 2.47. The second-order valence-corrected chi connectivity index (χ2v) is 6.81. The molecule has 0 saturated carbocycles. The average molecular weight is 318 g/mol. The van der Waals surface area contributed by atoms with Crippen LogP contribution in [0.15, 0.2) is 29.4 Å². The molecule has 1 heterocycles. The molecule has 23 heavy (non-hydrogen) atoms. The summed E-state index contributed by atoms with van der Waals surface area (Å²) in [4.78, 5) is 15.7. The molecule has 7 heteroatoms. The van der Waals surface area contributed by atoms with E-state index in [9.17, 15) is 9.90 Å². The first-order chi connectivity index (χ1) is 10.8. The highest BCUT2D eigenvalue weighted by Crippen LogP contribution is 2.34. The van der Waals surface area contributed by atoms with Crippen molar-refractivity contribution in [3.8, 4) is 5.75 Å². The van der Waals surface area contributed by atoms with E-state index in [-0.39, 0.29) is 17.6 Å². The number of hydrogen-bond donors (Lipinski definition) is 1. The molecule has 1 saturated heterocycles. The van der Waals surface area contributed by atoms with Crippen LogP contribution in [0.1, 0.15) is 33.6 Å². The molecule has 2 unspecified atom stereocenters. The molecule has 0 spiro atoms. The van der Waals surface area contributed by atoms with Crippen molar-refractivity contribution in [3.05, 3.63) is 34.7 Å². The molecule has 1 amide bonds. The Hall–Kier alpha value is -2.40. The largest absolute Gasteiger partial charge is 0.490 e. The molecule has 1 N–H and O–H groups in total. The third-order valence-corrected chi connectivity index (χ3v) is 4.08. The molecule has 2 rings (SSSR count). The number of amides is 1. The molecule has 0 bridgehead atoms. The van der Waals surface area contributed by atoms with E-state index in [0.717, 1.165) is 0 Å². The molecule has 2 atom stereocenters. The Morgan fingerprint density at radius 1 is 1.48 bits per heavy atom. The third kappa shape index (κ3) is 4.29. The normalized spacial score (nSPS) is 21.4. The van der Waals surface area contributed by atoms with E-state index in [2.05, 4.69) is 10.0 Å². The van der Waals surface area contributed by atoms with E-state index in [4.69, 9.17) is 10.3 Å². The summed E-state index contributed by atoms with van der Waals surface area (Å²) in [5.41, 5.74) is 8.83. The number of piperidine rings is 1. The number of carbonyl (C=O) groups is 1.